The van der Waals surface area contributed by atoms with Crippen molar-refractivity contribution in [2.45, 2.75) is 31.7 Å². The molecule has 31 heavy (non-hydrogen) atoms. The maximum absolute atomic E-state index is 13.5. The molecule has 2 heterocycles. The Balaban J connectivity index is 1.54. The molecule has 1 aromatic heterocycles. The Morgan fingerprint density at radius 1 is 0.935 bits per heavy atom. The maximum atomic E-state index is 13.5. The SMILES string of the molecule is CCOc1ccc(C2CC(=O)C3=C(C2)Nc2ccccc2NC3c2ccncc2)cc1. The van der Waals surface area contributed by atoms with Crippen molar-refractivity contribution in [3.8, 4) is 5.75 Å². The van der Waals surface area contributed by atoms with Gasteiger partial charge in [0, 0.05) is 30.1 Å². The molecule has 2 unspecified atom stereocenters. The summed E-state index contributed by atoms with van der Waals surface area (Å²) in [6.07, 6.45) is 4.83. The summed E-state index contributed by atoms with van der Waals surface area (Å²) in [6, 6.07) is 20.0. The zero-order chi connectivity index (χ0) is 21.2. The lowest BCUT2D eigenvalue weighted by atomic mass is 9.78. The molecule has 5 rings (SSSR count). The van der Waals surface area contributed by atoms with Gasteiger partial charge in [-0.2, -0.15) is 0 Å². The van der Waals surface area contributed by atoms with E-state index < -0.39 is 0 Å². The number of fused-ring (bicyclic) bond motifs is 1. The maximum Gasteiger partial charge on any atom is 0.163 e. The van der Waals surface area contributed by atoms with Gasteiger partial charge in [0.2, 0.25) is 0 Å². The van der Waals surface area contributed by atoms with Crippen LogP contribution in [-0.2, 0) is 4.79 Å². The van der Waals surface area contributed by atoms with E-state index in [9.17, 15) is 4.79 Å². The molecule has 2 atom stereocenters. The first-order chi connectivity index (χ1) is 15.2. The van der Waals surface area contributed by atoms with Crippen LogP contribution in [0.1, 0.15) is 42.9 Å². The predicted molar refractivity (Wildman–Crippen MR) is 122 cm³/mol. The number of ketones is 1. The Morgan fingerprint density at radius 3 is 2.42 bits per heavy atom. The smallest absolute Gasteiger partial charge is 0.163 e. The van der Waals surface area contributed by atoms with Crippen LogP contribution in [0.15, 0.2) is 84.3 Å². The molecule has 5 nitrogen and oxygen atoms in total. The molecule has 0 spiro atoms. The van der Waals surface area contributed by atoms with E-state index in [0.29, 0.717) is 13.0 Å². The second-order valence-corrected chi connectivity index (χ2v) is 7.95. The summed E-state index contributed by atoms with van der Waals surface area (Å²) in [4.78, 5) is 17.6. The summed E-state index contributed by atoms with van der Waals surface area (Å²) in [5.41, 5.74) is 6.00. The molecule has 0 saturated carbocycles. The molecule has 0 bridgehead atoms. The summed E-state index contributed by atoms with van der Waals surface area (Å²) in [6.45, 7) is 2.62. The first-order valence-electron chi connectivity index (χ1n) is 10.7. The number of nitrogens with one attached hydrogen (secondary N) is 2. The quantitative estimate of drug-likeness (QED) is 0.597. The van der Waals surface area contributed by atoms with Gasteiger partial charge in [0.25, 0.3) is 0 Å². The van der Waals surface area contributed by atoms with Crippen LogP contribution < -0.4 is 15.4 Å². The summed E-state index contributed by atoms with van der Waals surface area (Å²) < 4.78 is 5.57. The Labute approximate surface area is 182 Å². The van der Waals surface area contributed by atoms with Crippen molar-refractivity contribution in [2.24, 2.45) is 0 Å². The first kappa shape index (κ1) is 19.4. The highest BCUT2D eigenvalue weighted by atomic mass is 16.5. The van der Waals surface area contributed by atoms with E-state index in [4.69, 9.17) is 4.74 Å². The first-order valence-corrected chi connectivity index (χ1v) is 10.7. The van der Waals surface area contributed by atoms with Crippen molar-refractivity contribution >= 4 is 17.2 Å². The molecule has 0 fully saturated rings. The number of hydrogen-bond donors (Lipinski definition) is 2. The molecule has 3 aromatic rings. The molecule has 1 aliphatic carbocycles. The van der Waals surface area contributed by atoms with E-state index in [0.717, 1.165) is 45.9 Å². The lowest BCUT2D eigenvalue weighted by Crippen LogP contribution is -2.26. The van der Waals surface area contributed by atoms with Crippen LogP contribution in [-0.4, -0.2) is 17.4 Å². The summed E-state index contributed by atoms with van der Waals surface area (Å²) in [7, 11) is 0. The topological polar surface area (TPSA) is 63.2 Å². The zero-order valence-corrected chi connectivity index (χ0v) is 17.5. The fourth-order valence-electron chi connectivity index (χ4n) is 4.54. The van der Waals surface area contributed by atoms with Crippen LogP contribution in [0.25, 0.3) is 0 Å². The summed E-state index contributed by atoms with van der Waals surface area (Å²) >= 11 is 0. The molecule has 0 amide bonds. The lowest BCUT2D eigenvalue weighted by molar-refractivity contribution is -0.116. The van der Waals surface area contributed by atoms with E-state index in [-0.39, 0.29) is 17.7 Å². The highest BCUT2D eigenvalue weighted by Crippen LogP contribution is 2.44. The molecular formula is C26H25N3O2. The third-order valence-corrected chi connectivity index (χ3v) is 6.01. The number of anilines is 2. The van der Waals surface area contributed by atoms with E-state index in [1.165, 1.54) is 0 Å². The van der Waals surface area contributed by atoms with Gasteiger partial charge >= 0.3 is 0 Å². The Morgan fingerprint density at radius 2 is 1.68 bits per heavy atom. The number of benzene rings is 2. The number of hydrogen-bond acceptors (Lipinski definition) is 5. The van der Waals surface area contributed by atoms with Crippen LogP contribution >= 0.6 is 0 Å². The van der Waals surface area contributed by atoms with E-state index >= 15 is 0 Å². The minimum Gasteiger partial charge on any atom is -0.494 e. The largest absolute Gasteiger partial charge is 0.494 e. The van der Waals surface area contributed by atoms with Crippen molar-refractivity contribution in [1.29, 1.82) is 0 Å². The Kier molecular flexibility index (Phi) is 5.16. The number of para-hydroxylation sites is 2. The molecule has 2 N–H and O–H groups in total. The van der Waals surface area contributed by atoms with Crippen molar-refractivity contribution < 1.29 is 9.53 Å². The molecule has 0 saturated heterocycles. The van der Waals surface area contributed by atoms with Crippen LogP contribution in [0, 0.1) is 0 Å². The normalized spacial score (nSPS) is 20.1. The second kappa shape index (κ2) is 8.26. The van der Waals surface area contributed by atoms with Gasteiger partial charge in [0.1, 0.15) is 5.75 Å². The van der Waals surface area contributed by atoms with Crippen LogP contribution in [0.4, 0.5) is 11.4 Å². The van der Waals surface area contributed by atoms with Gasteiger partial charge in [-0.05, 0) is 66.8 Å². The summed E-state index contributed by atoms with van der Waals surface area (Å²) in [5.74, 6) is 1.17. The highest BCUT2D eigenvalue weighted by molar-refractivity contribution is 6.01. The minimum atomic E-state index is -0.206. The van der Waals surface area contributed by atoms with Crippen molar-refractivity contribution in [3.63, 3.8) is 0 Å². The third-order valence-electron chi connectivity index (χ3n) is 6.01. The number of aromatic nitrogens is 1. The van der Waals surface area contributed by atoms with Gasteiger partial charge in [-0.15, -0.1) is 0 Å². The van der Waals surface area contributed by atoms with E-state index in [1.54, 1.807) is 12.4 Å². The molecule has 1 aliphatic heterocycles. The number of allylic oxidation sites excluding steroid dienone is 1. The molecule has 2 aromatic carbocycles. The number of Topliss-reactive ketones (excluding diaryl/α,β-unsaturated/α-hetero) is 1. The molecule has 5 heteroatoms. The van der Waals surface area contributed by atoms with Crippen LogP contribution in [0.5, 0.6) is 5.75 Å². The third kappa shape index (κ3) is 3.79. The molecular weight excluding hydrogens is 386 g/mol. The number of carbonyl (C=O) groups excluding carboxylic acids is 1. The van der Waals surface area contributed by atoms with Crippen molar-refractivity contribution in [1.82, 2.24) is 4.98 Å². The number of nitrogens with zero attached hydrogens (tertiary/aromatic N) is 1. The summed E-state index contributed by atoms with van der Waals surface area (Å²) in [5, 5.41) is 7.17. The van der Waals surface area contributed by atoms with Gasteiger partial charge in [-0.3, -0.25) is 9.78 Å². The Bertz CT molecular complexity index is 1120. The second-order valence-electron chi connectivity index (χ2n) is 7.95. The van der Waals surface area contributed by atoms with E-state index in [2.05, 4.69) is 27.8 Å². The fourth-order valence-corrected chi connectivity index (χ4v) is 4.54. The van der Waals surface area contributed by atoms with Crippen LogP contribution in [0.3, 0.4) is 0 Å². The van der Waals surface area contributed by atoms with Gasteiger partial charge in [-0.25, -0.2) is 0 Å². The standard InChI is InChI=1S/C26H25N3O2/c1-2-31-20-9-7-17(8-10-20)19-15-23-25(24(30)16-19)26(18-11-13-27-14-12-18)29-22-6-4-3-5-21(22)28-23/h3-14,19,26,28-29H,2,15-16H2,1H3. The fraction of sp³-hybridized carbons (Fsp3) is 0.231. The van der Waals surface area contributed by atoms with Crippen molar-refractivity contribution in [2.75, 3.05) is 17.2 Å². The van der Waals surface area contributed by atoms with E-state index in [1.807, 2.05) is 55.5 Å². The number of pyridine rings is 1. The van der Waals surface area contributed by atoms with Gasteiger partial charge in [0.15, 0.2) is 5.78 Å². The number of ether oxygens (including phenoxy) is 1. The monoisotopic (exact) mass is 411 g/mol. The molecule has 2 aliphatic rings. The van der Waals surface area contributed by atoms with Gasteiger partial charge in [-0.1, -0.05) is 24.3 Å². The predicted octanol–water partition coefficient (Wildman–Crippen LogP) is 5.46. The molecule has 0 radical (unpaired) electrons. The van der Waals surface area contributed by atoms with Gasteiger partial charge in [0.05, 0.1) is 24.0 Å². The lowest BCUT2D eigenvalue weighted by Gasteiger charge is -2.30. The average Bonchev–Trinajstić information content (AvgIpc) is 2.97. The number of rotatable bonds is 4. The highest BCUT2D eigenvalue weighted by Gasteiger charge is 2.35. The Hall–Kier alpha value is -3.60. The molecule has 156 valence electrons. The average molecular weight is 412 g/mol. The minimum absolute atomic E-state index is 0.137. The van der Waals surface area contributed by atoms with Crippen molar-refractivity contribution in [3.05, 3.63) is 95.5 Å². The number of carbonyl (C=O) groups is 1. The zero-order valence-electron chi connectivity index (χ0n) is 17.5. The van der Waals surface area contributed by atoms with Crippen LogP contribution in [0.2, 0.25) is 0 Å². The van der Waals surface area contributed by atoms with Gasteiger partial charge < -0.3 is 15.4 Å².